The van der Waals surface area contributed by atoms with Crippen molar-refractivity contribution in [1.29, 1.82) is 0 Å². The molecule has 3 heterocycles. The van der Waals surface area contributed by atoms with Crippen molar-refractivity contribution >= 4 is 23.8 Å². The number of rotatable bonds is 8. The molecule has 0 saturated carbocycles. The first kappa shape index (κ1) is 24.9. The van der Waals surface area contributed by atoms with Crippen LogP contribution in [0.5, 0.6) is 0 Å². The molecule has 2 aliphatic heterocycles. The summed E-state index contributed by atoms with van der Waals surface area (Å²) in [6.45, 7) is 12.2. The molecule has 1 aromatic rings. The smallest absolute Gasteiger partial charge is 0.277 e. The molecular weight excluding hydrogens is 426 g/mol. The van der Waals surface area contributed by atoms with Gasteiger partial charge in [0.25, 0.3) is 5.91 Å². The summed E-state index contributed by atoms with van der Waals surface area (Å²) in [5, 5.41) is 4.87. The van der Waals surface area contributed by atoms with E-state index in [9.17, 15) is 14.4 Å². The van der Waals surface area contributed by atoms with Gasteiger partial charge >= 0.3 is 0 Å². The molecule has 1 N–H and O–H groups in total. The maximum absolute atomic E-state index is 12.8. The Morgan fingerprint density at radius 1 is 1.33 bits per heavy atom. The van der Waals surface area contributed by atoms with Crippen molar-refractivity contribution in [3.63, 3.8) is 0 Å². The standard InChI is InChI=1S/C23H35N5O5/c1-6-8-20-24-18(11-19-23(31)26(16(5)29)12-21(30)25-19)22(15(3)4)28(20)27-9-10-33-14-17(27)13-32-7-2/h11,15,17H,6-10,12-14H2,1-5H3,(H,25,30). The van der Waals surface area contributed by atoms with E-state index in [1.165, 1.54) is 6.92 Å². The quantitative estimate of drug-likeness (QED) is 0.580. The molecule has 33 heavy (non-hydrogen) atoms. The molecule has 10 heteroatoms. The fourth-order valence-electron chi connectivity index (χ4n) is 4.20. The Balaban J connectivity index is 2.10. The number of ether oxygens (including phenoxy) is 2. The van der Waals surface area contributed by atoms with E-state index < -0.39 is 17.7 Å². The summed E-state index contributed by atoms with van der Waals surface area (Å²) in [6, 6.07) is 0.0331. The van der Waals surface area contributed by atoms with Crippen LogP contribution in [-0.4, -0.2) is 77.8 Å². The number of aromatic nitrogens is 2. The molecule has 2 aliphatic rings. The van der Waals surface area contributed by atoms with Crippen LogP contribution in [0.15, 0.2) is 5.70 Å². The van der Waals surface area contributed by atoms with Gasteiger partial charge in [-0.25, -0.2) is 9.66 Å². The Morgan fingerprint density at radius 2 is 2.09 bits per heavy atom. The van der Waals surface area contributed by atoms with E-state index >= 15 is 0 Å². The molecule has 3 rings (SSSR count). The van der Waals surface area contributed by atoms with Gasteiger partial charge < -0.3 is 19.8 Å². The van der Waals surface area contributed by atoms with Crippen LogP contribution in [0.25, 0.3) is 6.08 Å². The van der Waals surface area contributed by atoms with Gasteiger partial charge in [0.1, 0.15) is 18.1 Å². The molecule has 0 radical (unpaired) electrons. The number of imidazole rings is 1. The topological polar surface area (TPSA) is 106 Å². The number of hydrogen-bond acceptors (Lipinski definition) is 7. The molecular formula is C23H35N5O5. The lowest BCUT2D eigenvalue weighted by molar-refractivity contribution is -0.147. The molecule has 1 unspecified atom stereocenters. The van der Waals surface area contributed by atoms with Crippen LogP contribution in [0.1, 0.15) is 64.2 Å². The zero-order chi connectivity index (χ0) is 24.1. The predicted octanol–water partition coefficient (Wildman–Crippen LogP) is 1.18. The summed E-state index contributed by atoms with van der Waals surface area (Å²) in [7, 11) is 0. The number of carbonyl (C=O) groups excluding carboxylic acids is 3. The highest BCUT2D eigenvalue weighted by Gasteiger charge is 2.33. The number of nitrogens with zero attached hydrogens (tertiary/aromatic N) is 4. The minimum Gasteiger partial charge on any atom is -0.379 e. The molecule has 0 spiro atoms. The molecule has 10 nitrogen and oxygen atoms in total. The molecule has 2 saturated heterocycles. The number of morpholine rings is 1. The van der Waals surface area contributed by atoms with Gasteiger partial charge in [-0.15, -0.1) is 0 Å². The predicted molar refractivity (Wildman–Crippen MR) is 123 cm³/mol. The fourth-order valence-corrected chi connectivity index (χ4v) is 4.20. The van der Waals surface area contributed by atoms with Crippen molar-refractivity contribution in [2.24, 2.45) is 0 Å². The largest absolute Gasteiger partial charge is 0.379 e. The number of carbonyl (C=O) groups is 3. The van der Waals surface area contributed by atoms with Crippen LogP contribution in [0.2, 0.25) is 0 Å². The van der Waals surface area contributed by atoms with Gasteiger partial charge in [-0.05, 0) is 25.3 Å². The summed E-state index contributed by atoms with van der Waals surface area (Å²) in [6.07, 6.45) is 3.25. The molecule has 0 bridgehead atoms. The highest BCUT2D eigenvalue weighted by Crippen LogP contribution is 2.27. The van der Waals surface area contributed by atoms with E-state index in [0.717, 1.165) is 29.3 Å². The van der Waals surface area contributed by atoms with Crippen molar-refractivity contribution < 1.29 is 23.9 Å². The Kier molecular flexibility index (Phi) is 8.25. The first-order valence-electron chi connectivity index (χ1n) is 11.7. The average Bonchev–Trinajstić information content (AvgIpc) is 3.12. The van der Waals surface area contributed by atoms with Gasteiger partial charge in [0.15, 0.2) is 0 Å². The number of nitrogens with one attached hydrogen (secondary N) is 1. The van der Waals surface area contributed by atoms with Crippen LogP contribution in [0.3, 0.4) is 0 Å². The Morgan fingerprint density at radius 3 is 2.73 bits per heavy atom. The van der Waals surface area contributed by atoms with Crippen molar-refractivity contribution in [2.45, 2.75) is 59.4 Å². The van der Waals surface area contributed by atoms with Gasteiger partial charge in [-0.3, -0.25) is 19.3 Å². The van der Waals surface area contributed by atoms with Gasteiger partial charge in [-0.1, -0.05) is 20.8 Å². The van der Waals surface area contributed by atoms with Crippen LogP contribution < -0.4 is 10.3 Å². The first-order chi connectivity index (χ1) is 15.8. The minimum atomic E-state index is -0.524. The maximum atomic E-state index is 12.8. The number of imide groups is 1. The molecule has 1 aromatic heterocycles. The summed E-state index contributed by atoms with van der Waals surface area (Å²) in [5.74, 6) is -0.420. The molecule has 3 amide bonds. The summed E-state index contributed by atoms with van der Waals surface area (Å²) in [5.41, 5.74) is 1.62. The lowest BCUT2D eigenvalue weighted by Gasteiger charge is -2.39. The molecule has 0 aliphatic carbocycles. The highest BCUT2D eigenvalue weighted by atomic mass is 16.5. The fraction of sp³-hybridized carbons (Fsp3) is 0.652. The third kappa shape index (κ3) is 5.44. The average molecular weight is 462 g/mol. The van der Waals surface area contributed by atoms with Gasteiger partial charge in [-0.2, -0.15) is 0 Å². The van der Waals surface area contributed by atoms with Crippen molar-refractivity contribution in [3.8, 4) is 0 Å². The Bertz CT molecular complexity index is 923. The lowest BCUT2D eigenvalue weighted by atomic mass is 10.1. The monoisotopic (exact) mass is 461 g/mol. The van der Waals surface area contributed by atoms with E-state index in [1.807, 2.05) is 6.92 Å². The Labute approximate surface area is 194 Å². The maximum Gasteiger partial charge on any atom is 0.277 e. The van der Waals surface area contributed by atoms with E-state index in [-0.39, 0.29) is 24.2 Å². The third-order valence-corrected chi connectivity index (χ3v) is 5.69. The lowest BCUT2D eigenvalue weighted by Crippen LogP contribution is -2.55. The number of amides is 3. The second-order valence-electron chi connectivity index (χ2n) is 8.58. The molecule has 1 atom stereocenters. The second kappa shape index (κ2) is 10.9. The molecule has 2 fully saturated rings. The van der Waals surface area contributed by atoms with Crippen LogP contribution in [0, 0.1) is 0 Å². The summed E-state index contributed by atoms with van der Waals surface area (Å²) in [4.78, 5) is 42.7. The number of aryl methyl sites for hydroxylation is 1. The van der Waals surface area contributed by atoms with Crippen molar-refractivity contribution in [3.05, 3.63) is 22.9 Å². The minimum absolute atomic E-state index is 0.0331. The van der Waals surface area contributed by atoms with Crippen molar-refractivity contribution in [2.75, 3.05) is 44.5 Å². The van der Waals surface area contributed by atoms with Crippen molar-refractivity contribution in [1.82, 2.24) is 19.9 Å². The van der Waals surface area contributed by atoms with E-state index in [4.69, 9.17) is 14.5 Å². The van der Waals surface area contributed by atoms with Crippen LogP contribution >= 0.6 is 0 Å². The molecule has 0 aromatic carbocycles. The zero-order valence-electron chi connectivity index (χ0n) is 20.2. The SMILES string of the molecule is CCCc1nc(C=C2NC(=O)CN(C(C)=O)C2=O)c(C(C)C)n1N1CCOCC1COCC. The van der Waals surface area contributed by atoms with Crippen LogP contribution in [-0.2, 0) is 30.3 Å². The van der Waals surface area contributed by atoms with Gasteiger partial charge in [0.05, 0.1) is 43.8 Å². The van der Waals surface area contributed by atoms with E-state index in [1.54, 1.807) is 6.08 Å². The summed E-state index contributed by atoms with van der Waals surface area (Å²) < 4.78 is 13.6. The number of hydrogen-bond donors (Lipinski definition) is 1. The van der Waals surface area contributed by atoms with E-state index in [2.05, 4.69) is 35.8 Å². The summed E-state index contributed by atoms with van der Waals surface area (Å²) >= 11 is 0. The molecule has 182 valence electrons. The second-order valence-corrected chi connectivity index (χ2v) is 8.58. The van der Waals surface area contributed by atoms with Gasteiger partial charge in [0.2, 0.25) is 11.8 Å². The van der Waals surface area contributed by atoms with Gasteiger partial charge in [0, 0.05) is 20.0 Å². The third-order valence-electron chi connectivity index (χ3n) is 5.69. The first-order valence-corrected chi connectivity index (χ1v) is 11.7. The highest BCUT2D eigenvalue weighted by molar-refractivity contribution is 6.12. The number of piperazine rings is 1. The van der Waals surface area contributed by atoms with Crippen LogP contribution in [0.4, 0.5) is 0 Å². The van der Waals surface area contributed by atoms with E-state index in [0.29, 0.717) is 38.7 Å². The zero-order valence-corrected chi connectivity index (χ0v) is 20.2. The normalized spacial score (nSPS) is 20.7. The Hall–Kier alpha value is -2.72.